The molecule has 14 heteroatoms. The lowest BCUT2D eigenvalue weighted by Gasteiger charge is -2.30. The lowest BCUT2D eigenvalue weighted by molar-refractivity contribution is -0.139. The molecule has 0 amide bonds. The molecule has 1 aromatic carbocycles. The molecule has 1 fully saturated rings. The molecule has 2 aliphatic rings. The molecule has 4 aromatic rings. The summed E-state index contributed by atoms with van der Waals surface area (Å²) in [6.07, 6.45) is -2.19. The highest BCUT2D eigenvalue weighted by molar-refractivity contribution is 9.10. The Kier molecular flexibility index (Phi) is 7.64. The summed E-state index contributed by atoms with van der Waals surface area (Å²) >= 11 is 8.92. The van der Waals surface area contributed by atoms with E-state index < -0.39 is 35.9 Å². The van der Waals surface area contributed by atoms with E-state index in [-0.39, 0.29) is 39.8 Å². The van der Waals surface area contributed by atoms with Gasteiger partial charge in [-0.3, -0.25) is 4.90 Å². The number of benzene rings is 1. The van der Waals surface area contributed by atoms with Crippen LogP contribution in [0.3, 0.4) is 0 Å². The van der Waals surface area contributed by atoms with Crippen molar-refractivity contribution in [3.63, 3.8) is 0 Å². The Bertz CT molecular complexity index is 1630. The molecule has 0 unspecified atom stereocenters. The molecule has 0 radical (unpaired) electrons. The Labute approximate surface area is 244 Å². The van der Waals surface area contributed by atoms with Crippen molar-refractivity contribution in [2.75, 3.05) is 13.2 Å². The molecule has 6 rings (SSSR count). The molecule has 5 heterocycles. The molecule has 7 nitrogen and oxygen atoms in total. The summed E-state index contributed by atoms with van der Waals surface area (Å²) in [5, 5.41) is 0.161. The molecule has 1 atom stereocenters. The Balaban J connectivity index is 1.27. The van der Waals surface area contributed by atoms with Crippen LogP contribution in [0.1, 0.15) is 34.6 Å². The van der Waals surface area contributed by atoms with Crippen LogP contribution >= 0.6 is 27.5 Å². The first-order valence-corrected chi connectivity index (χ1v) is 13.9. The number of halogens is 7. The van der Waals surface area contributed by atoms with Crippen LogP contribution in [0.4, 0.5) is 22.0 Å². The molecule has 1 saturated heterocycles. The minimum atomic E-state index is -4.72. The fraction of sp³-hybridized carbons (Fsp3) is 0.370. The number of aromatic nitrogens is 4. The topological polar surface area (TPSA) is 65.3 Å². The van der Waals surface area contributed by atoms with E-state index in [2.05, 4.69) is 30.9 Å². The van der Waals surface area contributed by atoms with Gasteiger partial charge in [0.15, 0.2) is 11.5 Å². The van der Waals surface area contributed by atoms with Crippen molar-refractivity contribution in [1.29, 1.82) is 0 Å². The molecule has 216 valence electrons. The van der Waals surface area contributed by atoms with Gasteiger partial charge in [-0.1, -0.05) is 17.7 Å². The van der Waals surface area contributed by atoms with Gasteiger partial charge in [0.05, 0.1) is 29.4 Å². The smallest absolute Gasteiger partial charge is 0.421 e. The summed E-state index contributed by atoms with van der Waals surface area (Å²) in [6.45, 7) is 1.59. The van der Waals surface area contributed by atoms with Crippen molar-refractivity contribution < 1.29 is 31.4 Å². The maximum atomic E-state index is 14.9. The monoisotopic (exact) mass is 657 g/mol. The molecule has 0 N–H and O–H groups in total. The average Bonchev–Trinajstić information content (AvgIpc) is 3.24. The van der Waals surface area contributed by atoms with Crippen molar-refractivity contribution in [2.45, 2.75) is 51.4 Å². The van der Waals surface area contributed by atoms with Crippen LogP contribution < -0.4 is 4.74 Å². The van der Waals surface area contributed by atoms with Crippen LogP contribution in [-0.4, -0.2) is 43.7 Å². The molecule has 41 heavy (non-hydrogen) atoms. The maximum absolute atomic E-state index is 14.9. The molecular formula is C27H22BrClF5N5O2. The van der Waals surface area contributed by atoms with Crippen molar-refractivity contribution in [2.24, 2.45) is 0 Å². The van der Waals surface area contributed by atoms with Gasteiger partial charge in [-0.15, -0.1) is 0 Å². The van der Waals surface area contributed by atoms with Gasteiger partial charge in [0.2, 0.25) is 5.88 Å². The number of hydrogen-bond donors (Lipinski definition) is 0. The second-order valence-corrected chi connectivity index (χ2v) is 11.2. The number of pyridine rings is 2. The predicted octanol–water partition coefficient (Wildman–Crippen LogP) is 6.47. The van der Waals surface area contributed by atoms with E-state index in [9.17, 15) is 22.0 Å². The first kappa shape index (κ1) is 28.3. The van der Waals surface area contributed by atoms with Gasteiger partial charge in [-0.25, -0.2) is 23.7 Å². The second-order valence-electron chi connectivity index (χ2n) is 9.94. The quantitative estimate of drug-likeness (QED) is 0.212. The van der Waals surface area contributed by atoms with Crippen LogP contribution in [0.25, 0.3) is 11.2 Å². The normalized spacial score (nSPS) is 17.5. The largest absolute Gasteiger partial charge is 0.472 e. The molecule has 2 aliphatic heterocycles. The van der Waals surface area contributed by atoms with E-state index in [1.54, 1.807) is 0 Å². The fourth-order valence-corrected chi connectivity index (χ4v) is 5.38. The van der Waals surface area contributed by atoms with Gasteiger partial charge in [-0.05, 0) is 52.5 Å². The molecule has 0 saturated carbocycles. The standard InChI is InChI=1S/C27H22BrClF5N5O2/c28-19-9-35-25-24(23(19)31)37-22(39(25)10-17-4-6-40-17)12-38-5-3-14-7-18(27(32,33)34)26(36-21(14)11-38)41-13-15-1-2-16(29)8-20(15)30/h1-2,7-9,17H,3-6,10-13H2/t17-/m0/s1. The van der Waals surface area contributed by atoms with Crippen LogP contribution in [-0.2, 0) is 43.6 Å². The fourth-order valence-electron chi connectivity index (χ4n) is 4.93. The predicted molar refractivity (Wildman–Crippen MR) is 142 cm³/mol. The summed E-state index contributed by atoms with van der Waals surface area (Å²) in [5.41, 5.74) is 0.411. The number of nitrogens with zero attached hydrogens (tertiary/aromatic N) is 5. The zero-order chi connectivity index (χ0) is 28.9. The van der Waals surface area contributed by atoms with Crippen molar-refractivity contribution >= 4 is 38.7 Å². The van der Waals surface area contributed by atoms with Crippen LogP contribution in [0.15, 0.2) is 34.9 Å². The first-order chi connectivity index (χ1) is 19.6. The molecular weight excluding hydrogens is 637 g/mol. The number of rotatable bonds is 7. The van der Waals surface area contributed by atoms with Crippen molar-refractivity contribution in [1.82, 2.24) is 24.4 Å². The van der Waals surface area contributed by atoms with Gasteiger partial charge in [0.1, 0.15) is 29.3 Å². The van der Waals surface area contributed by atoms with Gasteiger partial charge >= 0.3 is 6.18 Å². The summed E-state index contributed by atoms with van der Waals surface area (Å²) in [5.74, 6) is -1.28. The van der Waals surface area contributed by atoms with E-state index in [1.165, 1.54) is 18.3 Å². The van der Waals surface area contributed by atoms with Crippen LogP contribution in [0, 0.1) is 11.6 Å². The SMILES string of the molecule is Fc1cc(Cl)ccc1COc1nc2c(cc1C(F)(F)F)CCN(Cc1nc3c(F)c(Br)cnc3n1C[C@@H]1CCO1)C2. The highest BCUT2D eigenvalue weighted by Crippen LogP contribution is 2.38. The summed E-state index contributed by atoms with van der Waals surface area (Å²) in [6, 6.07) is 4.89. The first-order valence-electron chi connectivity index (χ1n) is 12.8. The van der Waals surface area contributed by atoms with Crippen LogP contribution in [0.2, 0.25) is 5.02 Å². The third-order valence-electron chi connectivity index (χ3n) is 7.19. The van der Waals surface area contributed by atoms with E-state index in [0.717, 1.165) is 18.6 Å². The van der Waals surface area contributed by atoms with E-state index in [1.807, 2.05) is 9.47 Å². The lowest BCUT2D eigenvalue weighted by atomic mass is 10.0. The van der Waals surface area contributed by atoms with Gasteiger partial charge in [-0.2, -0.15) is 13.2 Å². The Morgan fingerprint density at radius 3 is 2.68 bits per heavy atom. The minimum Gasteiger partial charge on any atom is -0.472 e. The minimum absolute atomic E-state index is 0.0330. The third kappa shape index (κ3) is 5.77. The summed E-state index contributed by atoms with van der Waals surface area (Å²) in [7, 11) is 0. The zero-order valence-electron chi connectivity index (χ0n) is 21.3. The number of fused-ring (bicyclic) bond motifs is 2. The number of alkyl halides is 3. The summed E-state index contributed by atoms with van der Waals surface area (Å²) < 4.78 is 83.8. The third-order valence-corrected chi connectivity index (χ3v) is 7.98. The number of hydrogen-bond acceptors (Lipinski definition) is 6. The molecule has 3 aromatic heterocycles. The van der Waals surface area contributed by atoms with Gasteiger partial charge in [0.25, 0.3) is 0 Å². The van der Waals surface area contributed by atoms with E-state index in [4.69, 9.17) is 21.1 Å². The average molecular weight is 659 g/mol. The van der Waals surface area contributed by atoms with Crippen molar-refractivity contribution in [3.8, 4) is 5.88 Å². The van der Waals surface area contributed by atoms with Crippen molar-refractivity contribution in [3.05, 3.63) is 79.8 Å². The van der Waals surface area contributed by atoms with Crippen LogP contribution in [0.5, 0.6) is 5.88 Å². The molecule has 0 bridgehead atoms. The number of imidazole rings is 1. The summed E-state index contributed by atoms with van der Waals surface area (Å²) in [4.78, 5) is 15.1. The second kappa shape index (κ2) is 11.1. The highest BCUT2D eigenvalue weighted by atomic mass is 79.9. The zero-order valence-corrected chi connectivity index (χ0v) is 23.7. The Hall–Kier alpha value is -2.87. The van der Waals surface area contributed by atoms with Gasteiger partial charge < -0.3 is 14.0 Å². The molecule has 0 aliphatic carbocycles. The maximum Gasteiger partial charge on any atom is 0.421 e. The lowest BCUT2D eigenvalue weighted by Crippen LogP contribution is -2.34. The highest BCUT2D eigenvalue weighted by Gasteiger charge is 2.37. The molecule has 0 spiro atoms. The Morgan fingerprint density at radius 1 is 1.17 bits per heavy atom. The van der Waals surface area contributed by atoms with Gasteiger partial charge in [0, 0.05) is 36.5 Å². The van der Waals surface area contributed by atoms with E-state index in [0.29, 0.717) is 48.8 Å². The number of ether oxygens (including phenoxy) is 2. The van der Waals surface area contributed by atoms with E-state index >= 15 is 0 Å². The Morgan fingerprint density at radius 2 is 1.98 bits per heavy atom.